The van der Waals surface area contributed by atoms with Crippen LogP contribution in [0.15, 0.2) is 42.6 Å². The van der Waals surface area contributed by atoms with Gasteiger partial charge in [-0.3, -0.25) is 4.79 Å². The first-order valence-corrected chi connectivity index (χ1v) is 8.86. The van der Waals surface area contributed by atoms with Crippen molar-refractivity contribution in [2.45, 2.75) is 26.8 Å². The third-order valence-electron chi connectivity index (χ3n) is 4.41. The number of benzene rings is 1. The Labute approximate surface area is 149 Å². The van der Waals surface area contributed by atoms with Crippen LogP contribution in [0.1, 0.15) is 29.9 Å². The zero-order chi connectivity index (χ0) is 17.8. The van der Waals surface area contributed by atoms with Gasteiger partial charge in [0.05, 0.1) is 11.9 Å². The lowest BCUT2D eigenvalue weighted by Crippen LogP contribution is -2.46. The van der Waals surface area contributed by atoms with Crippen molar-refractivity contribution in [3.8, 4) is 0 Å². The highest BCUT2D eigenvalue weighted by Gasteiger charge is 2.18. The van der Waals surface area contributed by atoms with Crippen LogP contribution >= 0.6 is 0 Å². The van der Waals surface area contributed by atoms with E-state index < -0.39 is 0 Å². The topological polar surface area (TPSA) is 48.5 Å². The van der Waals surface area contributed by atoms with E-state index in [9.17, 15) is 4.79 Å². The standard InChI is InChI=1S/C20H26N4O/c1-15(2)22-20(25)19-8-7-18(14-21-19)24-11-9-23(10-12-24)17-6-4-5-16(3)13-17/h4-8,13-15H,9-12H2,1-3H3,(H,22,25). The van der Waals surface area contributed by atoms with Crippen LogP contribution in [0.5, 0.6) is 0 Å². The maximum Gasteiger partial charge on any atom is 0.270 e. The number of pyridine rings is 1. The highest BCUT2D eigenvalue weighted by Crippen LogP contribution is 2.21. The van der Waals surface area contributed by atoms with E-state index in [4.69, 9.17) is 0 Å². The fraction of sp³-hybridized carbons (Fsp3) is 0.400. The summed E-state index contributed by atoms with van der Waals surface area (Å²) < 4.78 is 0. The molecule has 0 saturated carbocycles. The van der Waals surface area contributed by atoms with Crippen LogP contribution in [0.25, 0.3) is 0 Å². The first-order chi connectivity index (χ1) is 12.0. The summed E-state index contributed by atoms with van der Waals surface area (Å²) in [6.07, 6.45) is 1.80. The molecule has 3 rings (SSSR count). The summed E-state index contributed by atoms with van der Waals surface area (Å²) in [5.74, 6) is -0.120. The second-order valence-electron chi connectivity index (χ2n) is 6.84. The van der Waals surface area contributed by atoms with E-state index in [1.165, 1.54) is 11.3 Å². The van der Waals surface area contributed by atoms with E-state index in [2.05, 4.69) is 51.3 Å². The number of carbonyl (C=O) groups excluding carboxylic acids is 1. The monoisotopic (exact) mass is 338 g/mol. The molecule has 5 heteroatoms. The molecule has 132 valence electrons. The van der Waals surface area contributed by atoms with Crippen molar-refractivity contribution in [2.75, 3.05) is 36.0 Å². The summed E-state index contributed by atoms with van der Waals surface area (Å²) in [4.78, 5) is 21.0. The van der Waals surface area contributed by atoms with Crippen molar-refractivity contribution in [2.24, 2.45) is 0 Å². The van der Waals surface area contributed by atoms with Gasteiger partial charge in [0.2, 0.25) is 0 Å². The summed E-state index contributed by atoms with van der Waals surface area (Å²) in [6, 6.07) is 12.6. The average molecular weight is 338 g/mol. The maximum atomic E-state index is 12.0. The minimum absolute atomic E-state index is 0.115. The first-order valence-electron chi connectivity index (χ1n) is 8.86. The fourth-order valence-corrected chi connectivity index (χ4v) is 3.09. The molecule has 1 aliphatic rings. The van der Waals surface area contributed by atoms with Gasteiger partial charge in [0.15, 0.2) is 0 Å². The molecule has 1 amide bonds. The quantitative estimate of drug-likeness (QED) is 0.931. The average Bonchev–Trinajstić information content (AvgIpc) is 2.61. The second-order valence-corrected chi connectivity index (χ2v) is 6.84. The van der Waals surface area contributed by atoms with Gasteiger partial charge in [0.1, 0.15) is 5.69 Å². The molecule has 0 atom stereocenters. The van der Waals surface area contributed by atoms with Gasteiger partial charge in [0.25, 0.3) is 5.91 Å². The molecule has 1 aromatic heterocycles. The first kappa shape index (κ1) is 17.3. The van der Waals surface area contributed by atoms with E-state index >= 15 is 0 Å². The molecule has 1 N–H and O–H groups in total. The van der Waals surface area contributed by atoms with Gasteiger partial charge in [-0.15, -0.1) is 0 Å². The predicted octanol–water partition coefficient (Wildman–Crippen LogP) is 2.85. The number of carbonyl (C=O) groups is 1. The number of rotatable bonds is 4. The number of amides is 1. The van der Waals surface area contributed by atoms with E-state index in [1.54, 1.807) is 12.3 Å². The Morgan fingerprint density at radius 2 is 1.72 bits per heavy atom. The van der Waals surface area contributed by atoms with Crippen LogP contribution in [0, 0.1) is 6.92 Å². The normalized spacial score (nSPS) is 14.7. The van der Waals surface area contributed by atoms with Crippen LogP contribution in [0.2, 0.25) is 0 Å². The van der Waals surface area contributed by atoms with Crippen molar-refractivity contribution in [1.29, 1.82) is 0 Å². The molecule has 0 radical (unpaired) electrons. The molecular formula is C20H26N4O. The van der Waals surface area contributed by atoms with E-state index in [0.717, 1.165) is 31.9 Å². The summed E-state index contributed by atoms with van der Waals surface area (Å²) in [5.41, 5.74) is 4.12. The minimum Gasteiger partial charge on any atom is -0.368 e. The Kier molecular flexibility index (Phi) is 5.22. The number of aromatic nitrogens is 1. The van der Waals surface area contributed by atoms with Crippen molar-refractivity contribution in [1.82, 2.24) is 10.3 Å². The molecule has 0 spiro atoms. The molecule has 1 saturated heterocycles. The van der Waals surface area contributed by atoms with Crippen LogP contribution in [0.4, 0.5) is 11.4 Å². The number of nitrogens with zero attached hydrogens (tertiary/aromatic N) is 3. The third-order valence-corrected chi connectivity index (χ3v) is 4.41. The number of hydrogen-bond acceptors (Lipinski definition) is 4. The summed E-state index contributed by atoms with van der Waals surface area (Å²) in [7, 11) is 0. The lowest BCUT2D eigenvalue weighted by atomic mass is 10.2. The van der Waals surface area contributed by atoms with Gasteiger partial charge >= 0.3 is 0 Å². The summed E-state index contributed by atoms with van der Waals surface area (Å²) in [6.45, 7) is 9.89. The van der Waals surface area contributed by atoms with Crippen molar-refractivity contribution in [3.63, 3.8) is 0 Å². The van der Waals surface area contributed by atoms with Crippen LogP contribution < -0.4 is 15.1 Å². The smallest absolute Gasteiger partial charge is 0.270 e. The number of hydrogen-bond donors (Lipinski definition) is 1. The summed E-state index contributed by atoms with van der Waals surface area (Å²) >= 11 is 0. The Bertz CT molecular complexity index is 719. The number of aryl methyl sites for hydroxylation is 1. The van der Waals surface area contributed by atoms with Crippen LogP contribution in [0.3, 0.4) is 0 Å². The van der Waals surface area contributed by atoms with Crippen molar-refractivity contribution in [3.05, 3.63) is 53.9 Å². The van der Waals surface area contributed by atoms with Gasteiger partial charge < -0.3 is 15.1 Å². The minimum atomic E-state index is -0.120. The van der Waals surface area contributed by atoms with Gasteiger partial charge in [-0.25, -0.2) is 4.98 Å². The Balaban J connectivity index is 1.60. The van der Waals surface area contributed by atoms with E-state index in [1.807, 2.05) is 19.9 Å². The molecule has 0 unspecified atom stereocenters. The molecule has 1 aliphatic heterocycles. The molecule has 0 aliphatic carbocycles. The zero-order valence-corrected chi connectivity index (χ0v) is 15.2. The highest BCUT2D eigenvalue weighted by atomic mass is 16.1. The molecule has 25 heavy (non-hydrogen) atoms. The Morgan fingerprint density at radius 1 is 1.04 bits per heavy atom. The SMILES string of the molecule is Cc1cccc(N2CCN(c3ccc(C(=O)NC(C)C)nc3)CC2)c1. The molecular weight excluding hydrogens is 312 g/mol. The Morgan fingerprint density at radius 3 is 2.28 bits per heavy atom. The molecule has 2 aromatic rings. The summed E-state index contributed by atoms with van der Waals surface area (Å²) in [5, 5.41) is 2.86. The third kappa shape index (κ3) is 4.29. The molecule has 2 heterocycles. The molecule has 5 nitrogen and oxygen atoms in total. The number of anilines is 2. The van der Waals surface area contributed by atoms with Crippen molar-refractivity contribution < 1.29 is 4.79 Å². The fourth-order valence-electron chi connectivity index (χ4n) is 3.09. The van der Waals surface area contributed by atoms with Crippen LogP contribution in [-0.2, 0) is 0 Å². The largest absolute Gasteiger partial charge is 0.368 e. The molecule has 0 bridgehead atoms. The lowest BCUT2D eigenvalue weighted by Gasteiger charge is -2.37. The van der Waals surface area contributed by atoms with Crippen LogP contribution in [-0.4, -0.2) is 43.1 Å². The van der Waals surface area contributed by atoms with Gasteiger partial charge in [-0.1, -0.05) is 12.1 Å². The van der Waals surface area contributed by atoms with Gasteiger partial charge in [0, 0.05) is 37.9 Å². The van der Waals surface area contributed by atoms with Gasteiger partial charge in [-0.2, -0.15) is 0 Å². The highest BCUT2D eigenvalue weighted by molar-refractivity contribution is 5.92. The molecule has 1 aromatic carbocycles. The second kappa shape index (κ2) is 7.55. The lowest BCUT2D eigenvalue weighted by molar-refractivity contribution is 0.0938. The Hall–Kier alpha value is -2.56. The zero-order valence-electron chi connectivity index (χ0n) is 15.2. The van der Waals surface area contributed by atoms with Gasteiger partial charge in [-0.05, 0) is 50.6 Å². The predicted molar refractivity (Wildman–Crippen MR) is 102 cm³/mol. The molecule has 1 fully saturated rings. The van der Waals surface area contributed by atoms with E-state index in [0.29, 0.717) is 5.69 Å². The van der Waals surface area contributed by atoms with E-state index in [-0.39, 0.29) is 11.9 Å². The maximum absolute atomic E-state index is 12.0. The number of nitrogens with one attached hydrogen (secondary N) is 1. The van der Waals surface area contributed by atoms with Crippen molar-refractivity contribution >= 4 is 17.3 Å². The number of piperazine rings is 1.